The summed E-state index contributed by atoms with van der Waals surface area (Å²) >= 11 is 5.32. The van der Waals surface area contributed by atoms with E-state index < -0.39 is 0 Å². The van der Waals surface area contributed by atoms with Gasteiger partial charge in [0.25, 0.3) is 5.91 Å². The van der Waals surface area contributed by atoms with Gasteiger partial charge in [0.1, 0.15) is 18.7 Å². The van der Waals surface area contributed by atoms with Crippen LogP contribution in [0.1, 0.15) is 21.5 Å². The van der Waals surface area contributed by atoms with E-state index in [2.05, 4.69) is 41.6 Å². The number of rotatable bonds is 3. The van der Waals surface area contributed by atoms with Crippen LogP contribution in [0, 0.1) is 13.8 Å². The van der Waals surface area contributed by atoms with Crippen molar-refractivity contribution < 1.29 is 18.7 Å². The van der Waals surface area contributed by atoms with Gasteiger partial charge in [-0.2, -0.15) is 0 Å². The molecule has 1 aliphatic rings. The molecule has 1 aliphatic heterocycles. The number of aromatic nitrogens is 1. The molecule has 4 aromatic rings. The van der Waals surface area contributed by atoms with Crippen LogP contribution in [0.15, 0.2) is 59.0 Å². The second-order valence-corrected chi connectivity index (χ2v) is 8.18. The van der Waals surface area contributed by atoms with Crippen molar-refractivity contribution in [3.8, 4) is 23.0 Å². The molecule has 166 valence electrons. The van der Waals surface area contributed by atoms with E-state index in [0.717, 1.165) is 5.56 Å². The van der Waals surface area contributed by atoms with Crippen molar-refractivity contribution in [3.63, 3.8) is 0 Å². The third-order valence-electron chi connectivity index (χ3n) is 5.43. The number of nitrogens with zero attached hydrogens (tertiary/aromatic N) is 1. The summed E-state index contributed by atoms with van der Waals surface area (Å²) in [4.78, 5) is 17.2. The molecule has 0 saturated heterocycles. The number of aryl methyl sites for hydroxylation is 2. The van der Waals surface area contributed by atoms with Gasteiger partial charge in [-0.3, -0.25) is 10.1 Å². The first-order valence-corrected chi connectivity index (χ1v) is 10.9. The molecular formula is C25H21N3O4S. The Kier molecular flexibility index (Phi) is 5.43. The van der Waals surface area contributed by atoms with E-state index in [4.69, 9.17) is 26.1 Å². The highest BCUT2D eigenvalue weighted by Crippen LogP contribution is 2.31. The van der Waals surface area contributed by atoms with Crippen molar-refractivity contribution in [3.05, 3.63) is 71.3 Å². The third kappa shape index (κ3) is 4.38. The number of hydrogen-bond acceptors (Lipinski definition) is 6. The SMILES string of the molecule is Cc1ccc(-c2nc3cc(NC(=S)NC(=O)c4ccc5c(c4)OCCO5)ccc3o2)cc1C. The zero-order valence-electron chi connectivity index (χ0n) is 18.1. The van der Waals surface area contributed by atoms with Gasteiger partial charge in [0.15, 0.2) is 22.2 Å². The van der Waals surface area contributed by atoms with Crippen LogP contribution >= 0.6 is 12.2 Å². The molecule has 0 saturated carbocycles. The van der Waals surface area contributed by atoms with E-state index in [0.29, 0.717) is 53.0 Å². The molecular weight excluding hydrogens is 438 g/mol. The number of fused-ring (bicyclic) bond motifs is 2. The summed E-state index contributed by atoms with van der Waals surface area (Å²) < 4.78 is 16.9. The number of benzene rings is 3. The van der Waals surface area contributed by atoms with Crippen LogP contribution in [-0.4, -0.2) is 29.2 Å². The summed E-state index contributed by atoms with van der Waals surface area (Å²) in [6, 6.07) is 16.6. The van der Waals surface area contributed by atoms with Crippen LogP contribution < -0.4 is 20.1 Å². The minimum Gasteiger partial charge on any atom is -0.486 e. The van der Waals surface area contributed by atoms with Crippen molar-refractivity contribution >= 4 is 40.0 Å². The van der Waals surface area contributed by atoms with E-state index in [1.807, 2.05) is 24.3 Å². The molecule has 5 rings (SSSR count). The monoisotopic (exact) mass is 459 g/mol. The van der Waals surface area contributed by atoms with E-state index in [-0.39, 0.29) is 11.0 Å². The van der Waals surface area contributed by atoms with Gasteiger partial charge in [-0.15, -0.1) is 0 Å². The number of carbonyl (C=O) groups excluding carboxylic acids is 1. The van der Waals surface area contributed by atoms with E-state index in [1.165, 1.54) is 11.1 Å². The first kappa shape index (κ1) is 21.0. The standard InChI is InChI=1S/C25H21N3O4S/c1-14-3-4-17(11-15(14)2)24-27-19-13-18(6-8-20(19)32-24)26-25(33)28-23(29)16-5-7-21-22(12-16)31-10-9-30-21/h3-8,11-13H,9-10H2,1-2H3,(H2,26,28,29,33). The fourth-order valence-electron chi connectivity index (χ4n) is 3.53. The van der Waals surface area contributed by atoms with E-state index >= 15 is 0 Å². The number of amides is 1. The smallest absolute Gasteiger partial charge is 0.257 e. The second kappa shape index (κ2) is 8.55. The average Bonchev–Trinajstić information content (AvgIpc) is 3.24. The van der Waals surface area contributed by atoms with Crippen LogP contribution in [0.4, 0.5) is 5.69 Å². The third-order valence-corrected chi connectivity index (χ3v) is 5.63. The maximum atomic E-state index is 12.6. The van der Waals surface area contributed by atoms with Crippen LogP contribution in [0.2, 0.25) is 0 Å². The topological polar surface area (TPSA) is 85.6 Å². The van der Waals surface area contributed by atoms with Crippen molar-refractivity contribution in [2.45, 2.75) is 13.8 Å². The Balaban J connectivity index is 1.29. The Morgan fingerprint density at radius 1 is 0.939 bits per heavy atom. The lowest BCUT2D eigenvalue weighted by Gasteiger charge is -2.18. The Morgan fingerprint density at radius 3 is 2.58 bits per heavy atom. The number of ether oxygens (including phenoxy) is 2. The van der Waals surface area contributed by atoms with Crippen LogP contribution in [0.3, 0.4) is 0 Å². The molecule has 0 unspecified atom stereocenters. The molecule has 1 aromatic heterocycles. The van der Waals surface area contributed by atoms with E-state index in [1.54, 1.807) is 18.2 Å². The predicted molar refractivity (Wildman–Crippen MR) is 130 cm³/mol. The molecule has 1 amide bonds. The predicted octanol–water partition coefficient (Wildman–Crippen LogP) is 5.01. The quantitative estimate of drug-likeness (QED) is 0.417. The number of hydrogen-bond donors (Lipinski definition) is 2. The maximum absolute atomic E-state index is 12.6. The molecule has 7 nitrogen and oxygen atoms in total. The van der Waals surface area contributed by atoms with Crippen LogP contribution in [0.5, 0.6) is 11.5 Å². The number of anilines is 1. The minimum absolute atomic E-state index is 0.173. The maximum Gasteiger partial charge on any atom is 0.257 e. The summed E-state index contributed by atoms with van der Waals surface area (Å²) in [7, 11) is 0. The van der Waals surface area contributed by atoms with Crippen molar-refractivity contribution in [1.29, 1.82) is 0 Å². The zero-order chi connectivity index (χ0) is 22.9. The van der Waals surface area contributed by atoms with Crippen molar-refractivity contribution in [2.24, 2.45) is 0 Å². The summed E-state index contributed by atoms with van der Waals surface area (Å²) in [5, 5.41) is 5.88. The first-order chi connectivity index (χ1) is 16.0. The highest BCUT2D eigenvalue weighted by molar-refractivity contribution is 7.80. The molecule has 0 bridgehead atoms. The molecule has 2 N–H and O–H groups in total. The number of oxazole rings is 1. The average molecular weight is 460 g/mol. The van der Waals surface area contributed by atoms with Crippen LogP contribution in [-0.2, 0) is 0 Å². The van der Waals surface area contributed by atoms with Gasteiger partial charge in [-0.05, 0) is 85.7 Å². The molecule has 0 atom stereocenters. The highest BCUT2D eigenvalue weighted by atomic mass is 32.1. The minimum atomic E-state index is -0.344. The lowest BCUT2D eigenvalue weighted by molar-refractivity contribution is 0.0976. The Bertz CT molecular complexity index is 1400. The number of thiocarbonyl (C=S) groups is 1. The summed E-state index contributed by atoms with van der Waals surface area (Å²) in [6.45, 7) is 5.07. The second-order valence-electron chi connectivity index (χ2n) is 7.77. The normalized spacial score (nSPS) is 12.4. The Morgan fingerprint density at radius 2 is 1.76 bits per heavy atom. The highest BCUT2D eigenvalue weighted by Gasteiger charge is 2.16. The molecule has 33 heavy (non-hydrogen) atoms. The Hall–Kier alpha value is -3.91. The molecule has 8 heteroatoms. The Labute approximate surface area is 195 Å². The molecule has 0 aliphatic carbocycles. The van der Waals surface area contributed by atoms with Gasteiger partial charge in [0.2, 0.25) is 5.89 Å². The molecule has 0 radical (unpaired) electrons. The van der Waals surface area contributed by atoms with Gasteiger partial charge in [-0.1, -0.05) is 6.07 Å². The summed E-state index contributed by atoms with van der Waals surface area (Å²) in [6.07, 6.45) is 0. The molecule has 3 aromatic carbocycles. The fraction of sp³-hybridized carbons (Fsp3) is 0.160. The van der Waals surface area contributed by atoms with Gasteiger partial charge >= 0.3 is 0 Å². The number of carbonyl (C=O) groups is 1. The number of nitrogens with one attached hydrogen (secondary N) is 2. The van der Waals surface area contributed by atoms with Crippen molar-refractivity contribution in [2.75, 3.05) is 18.5 Å². The van der Waals surface area contributed by atoms with Gasteiger partial charge in [0, 0.05) is 16.8 Å². The summed E-state index contributed by atoms with van der Waals surface area (Å²) in [5.41, 5.74) is 5.79. The van der Waals surface area contributed by atoms with Gasteiger partial charge in [0.05, 0.1) is 0 Å². The molecule has 0 spiro atoms. The van der Waals surface area contributed by atoms with Crippen molar-refractivity contribution in [1.82, 2.24) is 10.3 Å². The van der Waals surface area contributed by atoms with Crippen LogP contribution in [0.25, 0.3) is 22.6 Å². The van der Waals surface area contributed by atoms with E-state index in [9.17, 15) is 4.79 Å². The fourth-order valence-corrected chi connectivity index (χ4v) is 3.74. The molecule has 0 fully saturated rings. The van der Waals surface area contributed by atoms with Gasteiger partial charge in [-0.25, -0.2) is 4.98 Å². The largest absolute Gasteiger partial charge is 0.486 e. The molecule has 2 heterocycles. The summed E-state index contributed by atoms with van der Waals surface area (Å²) in [5.74, 6) is 1.38. The lowest BCUT2D eigenvalue weighted by Crippen LogP contribution is -2.34. The lowest BCUT2D eigenvalue weighted by atomic mass is 10.1. The zero-order valence-corrected chi connectivity index (χ0v) is 18.9. The first-order valence-electron chi connectivity index (χ1n) is 10.5. The van der Waals surface area contributed by atoms with Gasteiger partial charge < -0.3 is 19.2 Å².